The van der Waals surface area contributed by atoms with E-state index in [1.54, 1.807) is 24.0 Å². The van der Waals surface area contributed by atoms with Crippen LogP contribution in [0.2, 0.25) is 0 Å². The van der Waals surface area contributed by atoms with E-state index in [1.807, 2.05) is 60.8 Å². The molecule has 7 nitrogen and oxygen atoms in total. The maximum Gasteiger partial charge on any atom is 0.242 e. The van der Waals surface area contributed by atoms with Crippen LogP contribution in [0.4, 0.5) is 0 Å². The maximum absolute atomic E-state index is 13.4. The van der Waals surface area contributed by atoms with Crippen molar-refractivity contribution in [2.75, 3.05) is 27.2 Å². The van der Waals surface area contributed by atoms with Gasteiger partial charge in [-0.25, -0.2) is 5.01 Å². The molecule has 0 saturated carbocycles. The third kappa shape index (κ3) is 5.10. The Hall–Kier alpha value is -3.16. The number of para-hydroxylation sites is 1. The Bertz CT molecular complexity index is 1110. The third-order valence-electron chi connectivity index (χ3n) is 6.51. The van der Waals surface area contributed by atoms with Crippen LogP contribution in [0.5, 0.6) is 0 Å². The van der Waals surface area contributed by atoms with Gasteiger partial charge in [-0.1, -0.05) is 48.5 Å². The van der Waals surface area contributed by atoms with Gasteiger partial charge in [0.05, 0.1) is 11.5 Å². The Labute approximate surface area is 194 Å². The van der Waals surface area contributed by atoms with E-state index in [-0.39, 0.29) is 11.8 Å². The number of carbonyl (C=O) groups is 2. The van der Waals surface area contributed by atoms with E-state index in [0.717, 1.165) is 34.9 Å². The molecule has 0 bridgehead atoms. The number of hydrazine groups is 1. The van der Waals surface area contributed by atoms with Gasteiger partial charge in [-0.3, -0.25) is 15.0 Å². The summed E-state index contributed by atoms with van der Waals surface area (Å²) in [6.45, 7) is 0.980. The minimum Gasteiger partial charge on any atom is -0.361 e. The number of H-pyrrole nitrogens is 1. The van der Waals surface area contributed by atoms with Gasteiger partial charge >= 0.3 is 0 Å². The van der Waals surface area contributed by atoms with E-state index in [1.165, 1.54) is 0 Å². The van der Waals surface area contributed by atoms with Crippen molar-refractivity contribution in [2.45, 2.75) is 31.7 Å². The number of hydrogen-bond acceptors (Lipinski definition) is 4. The smallest absolute Gasteiger partial charge is 0.242 e. The number of amides is 2. The predicted molar refractivity (Wildman–Crippen MR) is 130 cm³/mol. The van der Waals surface area contributed by atoms with Crippen LogP contribution in [0, 0.1) is 5.41 Å². The standard InChI is InChI=1S/C26H33N5O2/c1-30(2)29-25(33)26(16-19-9-4-3-5-10-19)13-8-14-31(18-26)24(32)22(27)15-20-17-28-23-12-7-6-11-21(20)23/h3-7,9-12,17,22,28H,8,13-16,18,27H2,1-2H3,(H,29,33)/t22-,26?/m1/s1. The molecule has 1 aliphatic rings. The Morgan fingerprint density at radius 2 is 1.88 bits per heavy atom. The number of aromatic amines is 1. The largest absolute Gasteiger partial charge is 0.361 e. The van der Waals surface area contributed by atoms with Crippen LogP contribution in [0.1, 0.15) is 24.0 Å². The zero-order valence-electron chi connectivity index (χ0n) is 19.4. The predicted octanol–water partition coefficient (Wildman–Crippen LogP) is 2.48. The van der Waals surface area contributed by atoms with E-state index in [0.29, 0.717) is 25.9 Å². The molecule has 33 heavy (non-hydrogen) atoms. The molecule has 174 valence electrons. The van der Waals surface area contributed by atoms with Crippen LogP contribution in [-0.2, 0) is 22.4 Å². The van der Waals surface area contributed by atoms with Crippen molar-refractivity contribution in [3.8, 4) is 0 Å². The number of benzene rings is 2. The second kappa shape index (κ2) is 9.77. The van der Waals surface area contributed by atoms with E-state index >= 15 is 0 Å². The first-order valence-corrected chi connectivity index (χ1v) is 11.5. The molecule has 4 rings (SSSR count). The molecule has 3 aromatic rings. The van der Waals surface area contributed by atoms with Gasteiger partial charge in [0, 0.05) is 44.3 Å². The number of carbonyl (C=O) groups excluding carboxylic acids is 2. The van der Waals surface area contributed by atoms with Gasteiger partial charge in [-0.2, -0.15) is 0 Å². The highest BCUT2D eigenvalue weighted by atomic mass is 16.2. The Morgan fingerprint density at radius 1 is 1.15 bits per heavy atom. The van der Waals surface area contributed by atoms with Crippen LogP contribution in [0.15, 0.2) is 60.8 Å². The molecule has 7 heteroatoms. The Balaban J connectivity index is 1.53. The molecule has 1 unspecified atom stereocenters. The maximum atomic E-state index is 13.4. The molecule has 2 aromatic carbocycles. The van der Waals surface area contributed by atoms with Crippen molar-refractivity contribution in [3.63, 3.8) is 0 Å². The molecule has 0 aliphatic carbocycles. The highest BCUT2D eigenvalue weighted by molar-refractivity contribution is 5.88. The van der Waals surface area contributed by atoms with Crippen molar-refractivity contribution >= 4 is 22.7 Å². The van der Waals surface area contributed by atoms with Crippen molar-refractivity contribution in [2.24, 2.45) is 11.1 Å². The summed E-state index contributed by atoms with van der Waals surface area (Å²) in [7, 11) is 3.61. The second-order valence-electron chi connectivity index (χ2n) is 9.31. The highest BCUT2D eigenvalue weighted by Gasteiger charge is 2.44. The first kappa shape index (κ1) is 23.0. The second-order valence-corrected chi connectivity index (χ2v) is 9.31. The minimum atomic E-state index is -0.694. The molecule has 0 radical (unpaired) electrons. The monoisotopic (exact) mass is 447 g/mol. The van der Waals surface area contributed by atoms with Crippen LogP contribution in [-0.4, -0.2) is 59.9 Å². The van der Waals surface area contributed by atoms with E-state index < -0.39 is 11.5 Å². The molecule has 0 spiro atoms. The summed E-state index contributed by atoms with van der Waals surface area (Å²) in [5.74, 6) is -0.158. The van der Waals surface area contributed by atoms with Gasteiger partial charge in [-0.15, -0.1) is 0 Å². The Morgan fingerprint density at radius 3 is 2.64 bits per heavy atom. The number of aromatic nitrogens is 1. The van der Waals surface area contributed by atoms with Gasteiger partial charge < -0.3 is 15.6 Å². The number of nitrogens with two attached hydrogens (primary N) is 1. The lowest BCUT2D eigenvalue weighted by molar-refractivity contribution is -0.144. The van der Waals surface area contributed by atoms with Gasteiger partial charge in [0.2, 0.25) is 11.8 Å². The summed E-state index contributed by atoms with van der Waals surface area (Å²) in [5.41, 5.74) is 11.8. The summed E-state index contributed by atoms with van der Waals surface area (Å²) < 4.78 is 0. The number of piperidine rings is 1. The number of fused-ring (bicyclic) bond motifs is 1. The Kier molecular flexibility index (Phi) is 6.81. The van der Waals surface area contributed by atoms with Crippen LogP contribution >= 0.6 is 0 Å². The lowest BCUT2D eigenvalue weighted by atomic mass is 9.74. The average Bonchev–Trinajstić information content (AvgIpc) is 3.21. The summed E-state index contributed by atoms with van der Waals surface area (Å²) in [6, 6.07) is 17.4. The van der Waals surface area contributed by atoms with Crippen LogP contribution < -0.4 is 11.2 Å². The molecule has 4 N–H and O–H groups in total. The van der Waals surface area contributed by atoms with Crippen molar-refractivity contribution in [3.05, 3.63) is 71.9 Å². The van der Waals surface area contributed by atoms with Crippen LogP contribution in [0.25, 0.3) is 10.9 Å². The quantitative estimate of drug-likeness (QED) is 0.485. The molecule has 2 amide bonds. The first-order chi connectivity index (χ1) is 15.9. The molecular weight excluding hydrogens is 414 g/mol. The van der Waals surface area contributed by atoms with Crippen molar-refractivity contribution in [1.29, 1.82) is 0 Å². The molecule has 2 heterocycles. The molecule has 1 fully saturated rings. The van der Waals surface area contributed by atoms with Gasteiger partial charge in [0.15, 0.2) is 0 Å². The first-order valence-electron chi connectivity index (χ1n) is 11.5. The minimum absolute atomic E-state index is 0.0564. The summed E-state index contributed by atoms with van der Waals surface area (Å²) >= 11 is 0. The van der Waals surface area contributed by atoms with Gasteiger partial charge in [0.1, 0.15) is 0 Å². The topological polar surface area (TPSA) is 94.5 Å². The number of likely N-dealkylation sites (tertiary alicyclic amines) is 1. The van der Waals surface area contributed by atoms with Crippen LogP contribution in [0.3, 0.4) is 0 Å². The summed E-state index contributed by atoms with van der Waals surface area (Å²) in [4.78, 5) is 31.8. The number of nitrogens with zero attached hydrogens (tertiary/aromatic N) is 2. The fourth-order valence-electron chi connectivity index (χ4n) is 4.90. The van der Waals surface area contributed by atoms with Crippen molar-refractivity contribution in [1.82, 2.24) is 20.3 Å². The van der Waals surface area contributed by atoms with E-state index in [9.17, 15) is 9.59 Å². The lowest BCUT2D eigenvalue weighted by Gasteiger charge is -2.43. The van der Waals surface area contributed by atoms with Gasteiger partial charge in [0.25, 0.3) is 0 Å². The van der Waals surface area contributed by atoms with Crippen molar-refractivity contribution < 1.29 is 9.59 Å². The molecule has 1 aromatic heterocycles. The van der Waals surface area contributed by atoms with Gasteiger partial charge in [-0.05, 0) is 42.9 Å². The highest BCUT2D eigenvalue weighted by Crippen LogP contribution is 2.35. The summed E-state index contributed by atoms with van der Waals surface area (Å²) in [6.07, 6.45) is 4.45. The SMILES string of the molecule is CN(C)NC(=O)C1(Cc2ccccc2)CCCN(C(=O)[C@H](N)Cc2c[nH]c3ccccc23)C1. The number of nitrogens with one attached hydrogen (secondary N) is 2. The fraction of sp³-hybridized carbons (Fsp3) is 0.385. The van der Waals surface area contributed by atoms with E-state index in [2.05, 4.69) is 10.4 Å². The average molecular weight is 448 g/mol. The summed E-state index contributed by atoms with van der Waals surface area (Å²) in [5, 5.41) is 2.75. The van der Waals surface area contributed by atoms with E-state index in [4.69, 9.17) is 5.73 Å². The third-order valence-corrected chi connectivity index (χ3v) is 6.51. The fourth-order valence-corrected chi connectivity index (χ4v) is 4.90. The normalized spacial score (nSPS) is 19.6. The molecule has 1 saturated heterocycles. The zero-order valence-corrected chi connectivity index (χ0v) is 19.4. The molecular formula is C26H33N5O2. The lowest BCUT2D eigenvalue weighted by Crippen LogP contribution is -2.58. The number of hydrogen-bond donors (Lipinski definition) is 3. The number of rotatable bonds is 7. The zero-order chi connectivity index (χ0) is 23.4. The molecule has 2 atom stereocenters. The molecule has 1 aliphatic heterocycles.